The molecule has 1 aliphatic carbocycles. The number of allylic oxidation sites excluding steroid dienone is 3. The second-order valence-electron chi connectivity index (χ2n) is 9.22. The van der Waals surface area contributed by atoms with Gasteiger partial charge < -0.3 is 5.73 Å². The number of nitrogens with zero attached hydrogens (tertiary/aromatic N) is 2. The fourth-order valence-corrected chi connectivity index (χ4v) is 5.59. The van der Waals surface area contributed by atoms with Crippen LogP contribution in [0.4, 0.5) is 4.39 Å². The summed E-state index contributed by atoms with van der Waals surface area (Å²) in [6, 6.07) is 3.63. The summed E-state index contributed by atoms with van der Waals surface area (Å²) in [5.74, 6) is 1.35. The van der Waals surface area contributed by atoms with E-state index in [-0.39, 0.29) is 12.4 Å². The Morgan fingerprint density at radius 3 is 2.85 bits per heavy atom. The van der Waals surface area contributed by atoms with Crippen LogP contribution in [0.5, 0.6) is 0 Å². The Labute approximate surface area is 198 Å². The predicted octanol–water partition coefficient (Wildman–Crippen LogP) is 7.41. The molecule has 0 bridgehead atoms. The topological polar surface area (TPSA) is 51.3 Å². The van der Waals surface area contributed by atoms with E-state index >= 15 is 4.39 Å². The zero-order valence-corrected chi connectivity index (χ0v) is 20.2. The van der Waals surface area contributed by atoms with Crippen molar-refractivity contribution < 1.29 is 4.39 Å². The van der Waals surface area contributed by atoms with E-state index in [4.69, 9.17) is 5.73 Å². The number of aliphatic imine (C=N–C) groups is 1. The molecule has 2 N–H and O–H groups in total. The van der Waals surface area contributed by atoms with E-state index < -0.39 is 0 Å². The van der Waals surface area contributed by atoms with Crippen LogP contribution in [-0.2, 0) is 13.0 Å². The summed E-state index contributed by atoms with van der Waals surface area (Å²) in [4.78, 5) is 8.75. The monoisotopic (exact) mass is 447 g/mol. The minimum atomic E-state index is -0.177. The zero-order valence-electron chi connectivity index (χ0n) is 20.2. The molecule has 0 spiro atoms. The zero-order chi connectivity index (χ0) is 23.8. The molecule has 1 aliphatic rings. The van der Waals surface area contributed by atoms with Gasteiger partial charge >= 0.3 is 0 Å². The minimum absolute atomic E-state index is 0.177. The van der Waals surface area contributed by atoms with Crippen LogP contribution in [0.3, 0.4) is 0 Å². The molecule has 1 heterocycles. The van der Waals surface area contributed by atoms with E-state index in [0.29, 0.717) is 28.7 Å². The van der Waals surface area contributed by atoms with E-state index in [0.717, 1.165) is 43.2 Å². The van der Waals surface area contributed by atoms with Gasteiger partial charge in [0.1, 0.15) is 5.82 Å². The lowest BCUT2D eigenvalue weighted by Gasteiger charge is -2.35. The molecule has 3 rings (SSSR count). The first-order chi connectivity index (χ1) is 16.0. The first-order valence-electron chi connectivity index (χ1n) is 12.3. The third kappa shape index (κ3) is 5.67. The Morgan fingerprint density at radius 1 is 1.33 bits per heavy atom. The Kier molecular flexibility index (Phi) is 9.13. The van der Waals surface area contributed by atoms with Crippen molar-refractivity contribution in [2.24, 2.45) is 22.6 Å². The number of aromatic nitrogens is 1. The van der Waals surface area contributed by atoms with Gasteiger partial charge in [-0.25, -0.2) is 4.39 Å². The van der Waals surface area contributed by atoms with Crippen LogP contribution < -0.4 is 5.73 Å². The number of halogens is 1. The van der Waals surface area contributed by atoms with Crippen molar-refractivity contribution in [1.29, 1.82) is 0 Å². The largest absolute Gasteiger partial charge is 0.326 e. The van der Waals surface area contributed by atoms with Gasteiger partial charge in [0.2, 0.25) is 0 Å². The molecular weight excluding hydrogens is 409 g/mol. The number of nitrogens with two attached hydrogens (primary N) is 1. The lowest BCUT2D eigenvalue weighted by Crippen LogP contribution is -2.23. The van der Waals surface area contributed by atoms with Crippen LogP contribution in [0.2, 0.25) is 0 Å². The molecule has 0 amide bonds. The van der Waals surface area contributed by atoms with Crippen LogP contribution in [0.1, 0.15) is 75.0 Å². The maximum absolute atomic E-state index is 15.5. The number of fused-ring (bicyclic) bond motifs is 1. The highest BCUT2D eigenvalue weighted by atomic mass is 19.1. The highest BCUT2D eigenvalue weighted by Gasteiger charge is 2.31. The van der Waals surface area contributed by atoms with E-state index in [9.17, 15) is 0 Å². The van der Waals surface area contributed by atoms with Gasteiger partial charge in [-0.15, -0.1) is 0 Å². The summed E-state index contributed by atoms with van der Waals surface area (Å²) >= 11 is 0. The molecule has 4 heteroatoms. The van der Waals surface area contributed by atoms with E-state index in [1.807, 2.05) is 24.4 Å². The molecule has 3 atom stereocenters. The van der Waals surface area contributed by atoms with Crippen molar-refractivity contribution in [1.82, 2.24) is 4.98 Å². The number of aryl methyl sites for hydroxylation is 1. The Morgan fingerprint density at radius 2 is 2.15 bits per heavy atom. The summed E-state index contributed by atoms with van der Waals surface area (Å²) in [6.07, 6.45) is 16.5. The summed E-state index contributed by atoms with van der Waals surface area (Å²) in [5.41, 5.74) is 11.1. The third-order valence-electron chi connectivity index (χ3n) is 7.30. The SMILES string of the molecule is C=C/C=C(\C=NC=C)CCC(C)[C@@H]1CCCC(c2c(CN)c(F)c3cccnc3c2CC)C1. The van der Waals surface area contributed by atoms with Gasteiger partial charge in [0.05, 0.1) is 5.52 Å². The van der Waals surface area contributed by atoms with Crippen LogP contribution in [0, 0.1) is 17.7 Å². The second kappa shape index (κ2) is 12.0. The number of hydrogen-bond acceptors (Lipinski definition) is 3. The molecule has 0 saturated heterocycles. The lowest BCUT2D eigenvalue weighted by atomic mass is 9.70. The van der Waals surface area contributed by atoms with Crippen LogP contribution in [-0.4, -0.2) is 11.2 Å². The molecule has 3 nitrogen and oxygen atoms in total. The van der Waals surface area contributed by atoms with E-state index in [1.165, 1.54) is 24.0 Å². The fraction of sp³-hybridized carbons (Fsp3) is 0.448. The summed E-state index contributed by atoms with van der Waals surface area (Å²) in [6.45, 7) is 12.2. The maximum Gasteiger partial charge on any atom is 0.137 e. The summed E-state index contributed by atoms with van der Waals surface area (Å²) in [5, 5.41) is 0.599. The van der Waals surface area contributed by atoms with Crippen molar-refractivity contribution >= 4 is 17.1 Å². The molecule has 1 aromatic heterocycles. The van der Waals surface area contributed by atoms with Crippen molar-refractivity contribution in [2.75, 3.05) is 0 Å². The standard InChI is InChI=1S/C29H38FN3/c1-5-10-21(19-32-7-3)15-14-20(4)22-11-8-12-23(17-22)27-24(6-2)29-25(13-9-16-33-29)28(30)26(27)18-31/h5,7,9-10,13,16,19-20,22-23H,1,3,6,8,11-12,14-15,17-18,31H2,2,4H3/b21-10-,32-19?/t20?,22-,23?/m1/s1. The normalized spacial score (nSPS) is 20.3. The molecule has 0 radical (unpaired) electrons. The fourth-order valence-electron chi connectivity index (χ4n) is 5.59. The molecular formula is C29H38FN3. The lowest BCUT2D eigenvalue weighted by molar-refractivity contribution is 0.231. The molecule has 1 aromatic carbocycles. The molecule has 176 valence electrons. The number of benzene rings is 1. The number of pyridine rings is 1. The van der Waals surface area contributed by atoms with Crippen molar-refractivity contribution in [3.8, 4) is 0 Å². The Hall–Kier alpha value is -2.59. The average molecular weight is 448 g/mol. The van der Waals surface area contributed by atoms with Crippen molar-refractivity contribution in [2.45, 2.75) is 71.3 Å². The van der Waals surface area contributed by atoms with Crippen molar-refractivity contribution in [3.63, 3.8) is 0 Å². The molecule has 1 saturated carbocycles. The minimum Gasteiger partial charge on any atom is -0.326 e. The van der Waals surface area contributed by atoms with Crippen molar-refractivity contribution in [3.05, 3.63) is 77.9 Å². The van der Waals surface area contributed by atoms with Gasteiger partial charge in [-0.3, -0.25) is 9.98 Å². The Bertz CT molecular complexity index is 1040. The van der Waals surface area contributed by atoms with Crippen LogP contribution in [0.25, 0.3) is 10.9 Å². The molecule has 2 aromatic rings. The van der Waals surface area contributed by atoms with Gasteiger partial charge in [-0.1, -0.05) is 52.0 Å². The first kappa shape index (κ1) is 25.0. The smallest absolute Gasteiger partial charge is 0.137 e. The van der Waals surface area contributed by atoms with Crippen LogP contribution in [0.15, 0.2) is 60.4 Å². The number of rotatable bonds is 10. The van der Waals surface area contributed by atoms with Gasteiger partial charge in [-0.05, 0) is 78.7 Å². The van der Waals surface area contributed by atoms with E-state index in [2.05, 4.69) is 37.0 Å². The molecule has 1 fully saturated rings. The molecule has 2 unspecified atom stereocenters. The van der Waals surface area contributed by atoms with E-state index in [1.54, 1.807) is 18.5 Å². The average Bonchev–Trinajstić information content (AvgIpc) is 2.85. The summed E-state index contributed by atoms with van der Waals surface area (Å²) < 4.78 is 15.5. The van der Waals surface area contributed by atoms with Gasteiger partial charge in [0.15, 0.2) is 0 Å². The molecule has 0 aliphatic heterocycles. The number of hydrogen-bond donors (Lipinski definition) is 1. The highest BCUT2D eigenvalue weighted by Crippen LogP contribution is 2.44. The maximum atomic E-state index is 15.5. The highest BCUT2D eigenvalue weighted by molar-refractivity contribution is 5.85. The Balaban J connectivity index is 1.85. The quantitative estimate of drug-likeness (QED) is 0.304. The van der Waals surface area contributed by atoms with Gasteiger partial charge in [-0.2, -0.15) is 0 Å². The third-order valence-corrected chi connectivity index (χ3v) is 7.30. The second-order valence-corrected chi connectivity index (χ2v) is 9.22. The summed E-state index contributed by atoms with van der Waals surface area (Å²) in [7, 11) is 0. The van der Waals surface area contributed by atoms with Gasteiger partial charge in [0.25, 0.3) is 0 Å². The molecule has 33 heavy (non-hydrogen) atoms. The van der Waals surface area contributed by atoms with Crippen LogP contribution >= 0.6 is 0 Å². The van der Waals surface area contributed by atoms with Gasteiger partial charge in [0, 0.05) is 36.1 Å². The first-order valence-corrected chi connectivity index (χ1v) is 12.3. The predicted molar refractivity (Wildman–Crippen MR) is 139 cm³/mol.